The number of aliphatic hydroxyl groups excluding tert-OH is 1. The van der Waals surface area contributed by atoms with Crippen LogP contribution in [0.3, 0.4) is 0 Å². The molecule has 0 aliphatic rings. The summed E-state index contributed by atoms with van der Waals surface area (Å²) in [6, 6.07) is 12.2. The largest absolute Gasteiger partial charge is 0.491 e. The molecule has 2 aromatic carbocycles. The van der Waals surface area contributed by atoms with E-state index in [1.807, 2.05) is 0 Å². The monoisotopic (exact) mass is 330 g/mol. The summed E-state index contributed by atoms with van der Waals surface area (Å²) >= 11 is 17.7. The van der Waals surface area contributed by atoms with Crippen LogP contribution in [0.4, 0.5) is 0 Å². The molecule has 0 saturated carbocycles. The van der Waals surface area contributed by atoms with E-state index in [0.717, 1.165) is 5.56 Å². The molecule has 0 aliphatic carbocycles. The predicted octanol–water partition coefficient (Wildman–Crippen LogP) is 4.63. The first-order chi connectivity index (χ1) is 9.54. The Labute approximate surface area is 132 Å². The quantitative estimate of drug-likeness (QED) is 0.865. The fourth-order valence-electron chi connectivity index (χ4n) is 1.75. The Morgan fingerprint density at radius 3 is 2.45 bits per heavy atom. The molecule has 0 heterocycles. The van der Waals surface area contributed by atoms with E-state index < -0.39 is 6.10 Å². The van der Waals surface area contributed by atoms with Crippen LogP contribution >= 0.6 is 34.8 Å². The molecule has 0 spiro atoms. The summed E-state index contributed by atoms with van der Waals surface area (Å²) in [5.41, 5.74) is 0.832. The average molecular weight is 332 g/mol. The van der Waals surface area contributed by atoms with E-state index >= 15 is 0 Å². The highest BCUT2D eigenvalue weighted by Crippen LogP contribution is 2.22. The second kappa shape index (κ2) is 7.19. The third-order valence-corrected chi connectivity index (χ3v) is 3.53. The molecule has 20 heavy (non-hydrogen) atoms. The minimum Gasteiger partial charge on any atom is -0.491 e. The van der Waals surface area contributed by atoms with Gasteiger partial charge in [0.2, 0.25) is 0 Å². The van der Waals surface area contributed by atoms with Gasteiger partial charge < -0.3 is 9.84 Å². The fourth-order valence-corrected chi connectivity index (χ4v) is 2.42. The van der Waals surface area contributed by atoms with Crippen molar-refractivity contribution in [3.05, 3.63) is 63.1 Å². The zero-order valence-electron chi connectivity index (χ0n) is 10.5. The summed E-state index contributed by atoms with van der Waals surface area (Å²) < 4.78 is 5.48. The van der Waals surface area contributed by atoms with E-state index in [-0.39, 0.29) is 6.61 Å². The highest BCUT2D eigenvalue weighted by molar-refractivity contribution is 6.35. The van der Waals surface area contributed by atoms with Gasteiger partial charge in [-0.15, -0.1) is 0 Å². The summed E-state index contributed by atoms with van der Waals surface area (Å²) in [5, 5.41) is 11.7. The summed E-state index contributed by atoms with van der Waals surface area (Å²) in [5.74, 6) is 0.624. The van der Waals surface area contributed by atoms with Crippen molar-refractivity contribution in [2.45, 2.75) is 12.5 Å². The first kappa shape index (κ1) is 15.5. The fraction of sp³-hybridized carbons (Fsp3) is 0.200. The van der Waals surface area contributed by atoms with Gasteiger partial charge >= 0.3 is 0 Å². The van der Waals surface area contributed by atoms with Gasteiger partial charge in [0.25, 0.3) is 0 Å². The second-order valence-electron chi connectivity index (χ2n) is 4.36. The van der Waals surface area contributed by atoms with Gasteiger partial charge in [0.05, 0.1) is 6.10 Å². The van der Waals surface area contributed by atoms with Gasteiger partial charge in [0.1, 0.15) is 12.4 Å². The molecule has 2 nitrogen and oxygen atoms in total. The van der Waals surface area contributed by atoms with Crippen LogP contribution in [-0.4, -0.2) is 17.8 Å². The highest BCUT2D eigenvalue weighted by Gasteiger charge is 2.10. The lowest BCUT2D eigenvalue weighted by Gasteiger charge is -2.13. The van der Waals surface area contributed by atoms with Crippen molar-refractivity contribution < 1.29 is 9.84 Å². The normalized spacial score (nSPS) is 12.2. The molecule has 0 aliphatic heterocycles. The van der Waals surface area contributed by atoms with Crippen molar-refractivity contribution in [1.82, 2.24) is 0 Å². The van der Waals surface area contributed by atoms with E-state index in [4.69, 9.17) is 39.5 Å². The van der Waals surface area contributed by atoms with Gasteiger partial charge in [-0.25, -0.2) is 0 Å². The van der Waals surface area contributed by atoms with Crippen LogP contribution in [-0.2, 0) is 6.42 Å². The smallest absolute Gasteiger partial charge is 0.120 e. The standard InChI is InChI=1S/C15H13Cl3O2/c16-11-2-1-3-14(7-11)20-9-13(19)6-10-4-5-12(17)8-15(10)18/h1-5,7-8,13,19H,6,9H2. The molecular weight excluding hydrogens is 319 g/mol. The van der Waals surface area contributed by atoms with Crippen molar-refractivity contribution in [3.63, 3.8) is 0 Å². The third kappa shape index (κ3) is 4.57. The van der Waals surface area contributed by atoms with Crippen LogP contribution in [0.1, 0.15) is 5.56 Å². The Bertz CT molecular complexity index is 587. The minimum atomic E-state index is -0.660. The van der Waals surface area contributed by atoms with E-state index in [0.29, 0.717) is 27.2 Å². The molecule has 106 valence electrons. The summed E-state index contributed by atoms with van der Waals surface area (Å²) in [6.45, 7) is 0.166. The van der Waals surface area contributed by atoms with Crippen LogP contribution in [0.25, 0.3) is 0 Å². The first-order valence-electron chi connectivity index (χ1n) is 6.05. The van der Waals surface area contributed by atoms with Gasteiger partial charge in [-0.05, 0) is 35.9 Å². The average Bonchev–Trinajstić information content (AvgIpc) is 2.40. The maximum atomic E-state index is 9.98. The molecule has 0 bridgehead atoms. The lowest BCUT2D eigenvalue weighted by molar-refractivity contribution is 0.108. The molecule has 1 unspecified atom stereocenters. The Kier molecular flexibility index (Phi) is 5.55. The molecule has 2 aromatic rings. The molecule has 1 atom stereocenters. The first-order valence-corrected chi connectivity index (χ1v) is 7.18. The van der Waals surface area contributed by atoms with Gasteiger partial charge in [-0.3, -0.25) is 0 Å². The Hall–Kier alpha value is -0.930. The maximum absolute atomic E-state index is 9.98. The molecule has 0 fully saturated rings. The van der Waals surface area contributed by atoms with Crippen LogP contribution in [0, 0.1) is 0 Å². The van der Waals surface area contributed by atoms with Crippen LogP contribution in [0.5, 0.6) is 5.75 Å². The van der Waals surface area contributed by atoms with Crippen molar-refractivity contribution in [1.29, 1.82) is 0 Å². The number of ether oxygens (including phenoxy) is 1. The number of hydrogen-bond acceptors (Lipinski definition) is 2. The van der Waals surface area contributed by atoms with E-state index in [1.165, 1.54) is 0 Å². The second-order valence-corrected chi connectivity index (χ2v) is 5.64. The number of benzene rings is 2. The Morgan fingerprint density at radius 2 is 1.75 bits per heavy atom. The van der Waals surface area contributed by atoms with Crippen molar-refractivity contribution >= 4 is 34.8 Å². The van der Waals surface area contributed by atoms with E-state index in [2.05, 4.69) is 0 Å². The molecular formula is C15H13Cl3O2. The summed E-state index contributed by atoms with van der Waals surface area (Å²) in [4.78, 5) is 0. The number of aliphatic hydroxyl groups is 1. The van der Waals surface area contributed by atoms with Crippen LogP contribution in [0.15, 0.2) is 42.5 Å². The van der Waals surface area contributed by atoms with Gasteiger partial charge in [0, 0.05) is 21.5 Å². The lowest BCUT2D eigenvalue weighted by atomic mass is 10.1. The van der Waals surface area contributed by atoms with E-state index in [9.17, 15) is 5.11 Å². The summed E-state index contributed by atoms with van der Waals surface area (Å²) in [6.07, 6.45) is -0.260. The number of rotatable bonds is 5. The third-order valence-electron chi connectivity index (χ3n) is 2.71. The Morgan fingerprint density at radius 1 is 1.00 bits per heavy atom. The highest BCUT2D eigenvalue weighted by atomic mass is 35.5. The summed E-state index contributed by atoms with van der Waals surface area (Å²) in [7, 11) is 0. The maximum Gasteiger partial charge on any atom is 0.120 e. The molecule has 0 aromatic heterocycles. The van der Waals surface area contributed by atoms with E-state index in [1.54, 1.807) is 42.5 Å². The minimum absolute atomic E-state index is 0.166. The zero-order chi connectivity index (χ0) is 14.5. The molecule has 0 radical (unpaired) electrons. The van der Waals surface area contributed by atoms with Gasteiger partial charge in [-0.2, -0.15) is 0 Å². The van der Waals surface area contributed by atoms with Crippen LogP contribution in [0.2, 0.25) is 15.1 Å². The molecule has 0 saturated heterocycles. The van der Waals surface area contributed by atoms with Crippen LogP contribution < -0.4 is 4.74 Å². The molecule has 1 N–H and O–H groups in total. The Balaban J connectivity index is 1.90. The number of hydrogen-bond donors (Lipinski definition) is 1. The van der Waals surface area contributed by atoms with Crippen molar-refractivity contribution in [2.24, 2.45) is 0 Å². The zero-order valence-corrected chi connectivity index (χ0v) is 12.8. The predicted molar refractivity (Wildman–Crippen MR) is 83.1 cm³/mol. The van der Waals surface area contributed by atoms with Crippen molar-refractivity contribution in [3.8, 4) is 5.75 Å². The molecule has 0 amide bonds. The van der Waals surface area contributed by atoms with Gasteiger partial charge in [-0.1, -0.05) is 46.9 Å². The number of halogens is 3. The molecule has 5 heteroatoms. The molecule has 2 rings (SSSR count). The SMILES string of the molecule is OC(COc1cccc(Cl)c1)Cc1ccc(Cl)cc1Cl. The topological polar surface area (TPSA) is 29.5 Å². The van der Waals surface area contributed by atoms with Crippen molar-refractivity contribution in [2.75, 3.05) is 6.61 Å². The lowest BCUT2D eigenvalue weighted by Crippen LogP contribution is -2.20. The van der Waals surface area contributed by atoms with Gasteiger partial charge in [0.15, 0.2) is 0 Å².